The lowest BCUT2D eigenvalue weighted by atomic mass is 9.94. The van der Waals surface area contributed by atoms with E-state index in [-0.39, 0.29) is 40.2 Å². The van der Waals surface area contributed by atoms with Crippen LogP contribution in [0.5, 0.6) is 0 Å². The van der Waals surface area contributed by atoms with E-state index in [1.165, 1.54) is 23.1 Å². The van der Waals surface area contributed by atoms with Crippen molar-refractivity contribution in [1.29, 1.82) is 0 Å². The Hall–Kier alpha value is -3.49. The summed E-state index contributed by atoms with van der Waals surface area (Å²) < 4.78 is 0. The predicted molar refractivity (Wildman–Crippen MR) is 99.5 cm³/mol. The first-order valence-electron chi connectivity index (χ1n) is 9.11. The number of hydrogen-bond donors (Lipinski definition) is 3. The Kier molecular flexibility index (Phi) is 4.42. The van der Waals surface area contributed by atoms with Crippen molar-refractivity contribution in [2.24, 2.45) is 0 Å². The number of carbonyl (C=O) groups excluding carboxylic acids is 3. The molecule has 1 saturated carbocycles. The summed E-state index contributed by atoms with van der Waals surface area (Å²) in [6.45, 7) is 0. The molecule has 0 saturated heterocycles. The summed E-state index contributed by atoms with van der Waals surface area (Å²) >= 11 is 0. The number of hydrogen-bond acceptors (Lipinski definition) is 5. The Morgan fingerprint density at radius 3 is 2.43 bits per heavy atom. The molecular formula is C19H18N4O5. The molecule has 2 aliphatic rings. The molecule has 4 rings (SSSR count). The Labute approximate surface area is 158 Å². The monoisotopic (exact) mass is 382 g/mol. The van der Waals surface area contributed by atoms with Gasteiger partial charge >= 0.3 is 5.69 Å². The zero-order valence-electron chi connectivity index (χ0n) is 14.9. The molecule has 0 spiro atoms. The highest BCUT2D eigenvalue weighted by Gasteiger charge is 2.40. The fourth-order valence-electron chi connectivity index (χ4n) is 3.77. The minimum atomic E-state index is -0.743. The highest BCUT2D eigenvalue weighted by Crippen LogP contribution is 2.31. The van der Waals surface area contributed by atoms with Gasteiger partial charge in [-0.25, -0.2) is 4.79 Å². The SMILES string of the molecule is O=C(Nc1c[nH]c(=O)[nH]c1=O)c1ccc2c(c1)C(=O)N(C1CCCCC1)C2=O. The number of imide groups is 1. The van der Waals surface area contributed by atoms with Crippen LogP contribution in [0.2, 0.25) is 0 Å². The first-order chi connectivity index (χ1) is 13.5. The summed E-state index contributed by atoms with van der Waals surface area (Å²) in [6.07, 6.45) is 5.76. The Morgan fingerprint density at radius 1 is 1.00 bits per heavy atom. The minimum Gasteiger partial charge on any atom is -0.316 e. The maximum atomic E-state index is 12.8. The van der Waals surface area contributed by atoms with Gasteiger partial charge in [0.1, 0.15) is 5.69 Å². The Balaban J connectivity index is 1.60. The van der Waals surface area contributed by atoms with Crippen LogP contribution in [0.25, 0.3) is 0 Å². The molecule has 2 aromatic rings. The maximum Gasteiger partial charge on any atom is 0.325 e. The third kappa shape index (κ3) is 3.04. The van der Waals surface area contributed by atoms with Crippen LogP contribution in [-0.4, -0.2) is 38.6 Å². The zero-order valence-corrected chi connectivity index (χ0v) is 14.9. The molecule has 1 aromatic carbocycles. The number of nitrogens with zero attached hydrogens (tertiary/aromatic N) is 1. The second kappa shape index (κ2) is 6.91. The first kappa shape index (κ1) is 17.9. The van der Waals surface area contributed by atoms with Gasteiger partial charge in [0.2, 0.25) is 0 Å². The quantitative estimate of drug-likeness (QED) is 0.687. The number of aromatic nitrogens is 2. The van der Waals surface area contributed by atoms with E-state index in [4.69, 9.17) is 0 Å². The van der Waals surface area contributed by atoms with Crippen molar-refractivity contribution in [3.05, 3.63) is 61.9 Å². The summed E-state index contributed by atoms with van der Waals surface area (Å²) in [4.78, 5) is 66.3. The molecular weight excluding hydrogens is 364 g/mol. The lowest BCUT2D eigenvalue weighted by molar-refractivity contribution is 0.0549. The van der Waals surface area contributed by atoms with E-state index in [0.717, 1.165) is 38.3 Å². The van der Waals surface area contributed by atoms with Gasteiger partial charge in [-0.05, 0) is 31.0 Å². The summed E-state index contributed by atoms with van der Waals surface area (Å²) in [5.74, 6) is -1.34. The summed E-state index contributed by atoms with van der Waals surface area (Å²) in [6, 6.07) is 4.17. The number of amides is 3. The molecule has 3 amide bonds. The van der Waals surface area contributed by atoms with Crippen molar-refractivity contribution in [3.8, 4) is 0 Å². The molecule has 0 unspecified atom stereocenters. The fourth-order valence-corrected chi connectivity index (χ4v) is 3.77. The van der Waals surface area contributed by atoms with Crippen molar-refractivity contribution in [2.75, 3.05) is 5.32 Å². The molecule has 0 atom stereocenters. The van der Waals surface area contributed by atoms with Crippen LogP contribution in [0.3, 0.4) is 0 Å². The summed E-state index contributed by atoms with van der Waals surface area (Å²) in [5, 5.41) is 2.38. The maximum absolute atomic E-state index is 12.8. The zero-order chi connectivity index (χ0) is 19.8. The van der Waals surface area contributed by atoms with E-state index < -0.39 is 17.2 Å². The fraction of sp³-hybridized carbons (Fsp3) is 0.316. The van der Waals surface area contributed by atoms with Gasteiger partial charge in [0.05, 0.1) is 11.1 Å². The molecule has 2 heterocycles. The highest BCUT2D eigenvalue weighted by atomic mass is 16.2. The highest BCUT2D eigenvalue weighted by molar-refractivity contribution is 6.22. The predicted octanol–water partition coefficient (Wildman–Crippen LogP) is 1.24. The lowest BCUT2D eigenvalue weighted by Crippen LogP contribution is -2.40. The molecule has 1 aliphatic carbocycles. The molecule has 9 nitrogen and oxygen atoms in total. The van der Waals surface area contributed by atoms with Gasteiger partial charge in [0, 0.05) is 17.8 Å². The third-order valence-electron chi connectivity index (χ3n) is 5.19. The van der Waals surface area contributed by atoms with Gasteiger partial charge in [-0.15, -0.1) is 0 Å². The van der Waals surface area contributed by atoms with Crippen LogP contribution in [0.1, 0.15) is 63.2 Å². The largest absolute Gasteiger partial charge is 0.325 e. The second-order valence-electron chi connectivity index (χ2n) is 6.97. The molecule has 3 N–H and O–H groups in total. The molecule has 1 aliphatic heterocycles. The van der Waals surface area contributed by atoms with E-state index in [1.807, 2.05) is 4.98 Å². The molecule has 9 heteroatoms. The number of benzene rings is 1. The third-order valence-corrected chi connectivity index (χ3v) is 5.19. The van der Waals surface area contributed by atoms with Crippen LogP contribution < -0.4 is 16.6 Å². The van der Waals surface area contributed by atoms with Crippen LogP contribution >= 0.6 is 0 Å². The number of nitrogens with one attached hydrogen (secondary N) is 3. The smallest absolute Gasteiger partial charge is 0.316 e. The lowest BCUT2D eigenvalue weighted by Gasteiger charge is -2.29. The molecule has 0 radical (unpaired) electrons. The number of fused-ring (bicyclic) bond motifs is 1. The summed E-state index contributed by atoms with van der Waals surface area (Å²) in [7, 11) is 0. The van der Waals surface area contributed by atoms with Crippen molar-refractivity contribution < 1.29 is 14.4 Å². The van der Waals surface area contributed by atoms with Gasteiger partial charge in [0.25, 0.3) is 23.3 Å². The average Bonchev–Trinajstić information content (AvgIpc) is 2.94. The number of aromatic amines is 2. The van der Waals surface area contributed by atoms with Crippen LogP contribution in [-0.2, 0) is 0 Å². The first-order valence-corrected chi connectivity index (χ1v) is 9.11. The normalized spacial score (nSPS) is 16.9. The van der Waals surface area contributed by atoms with Crippen molar-refractivity contribution >= 4 is 23.4 Å². The van der Waals surface area contributed by atoms with Gasteiger partial charge in [-0.3, -0.25) is 29.1 Å². The molecule has 28 heavy (non-hydrogen) atoms. The van der Waals surface area contributed by atoms with Gasteiger partial charge in [0.15, 0.2) is 0 Å². The van der Waals surface area contributed by atoms with Gasteiger partial charge in [-0.2, -0.15) is 0 Å². The van der Waals surface area contributed by atoms with E-state index in [0.29, 0.717) is 0 Å². The molecule has 144 valence electrons. The van der Waals surface area contributed by atoms with E-state index in [1.54, 1.807) is 0 Å². The Bertz CT molecular complexity index is 1090. The van der Waals surface area contributed by atoms with Crippen molar-refractivity contribution in [3.63, 3.8) is 0 Å². The number of H-pyrrole nitrogens is 2. The topological polar surface area (TPSA) is 132 Å². The van der Waals surface area contributed by atoms with E-state index >= 15 is 0 Å². The minimum absolute atomic E-state index is 0.0990. The molecule has 1 fully saturated rings. The van der Waals surface area contributed by atoms with Gasteiger partial charge in [-0.1, -0.05) is 19.3 Å². The molecule has 0 bridgehead atoms. The number of anilines is 1. The Morgan fingerprint density at radius 2 is 1.71 bits per heavy atom. The van der Waals surface area contributed by atoms with Crippen molar-refractivity contribution in [2.45, 2.75) is 38.1 Å². The van der Waals surface area contributed by atoms with Crippen molar-refractivity contribution in [1.82, 2.24) is 14.9 Å². The molecule has 1 aromatic heterocycles. The van der Waals surface area contributed by atoms with Crippen LogP contribution in [0.15, 0.2) is 34.0 Å². The number of rotatable bonds is 3. The van der Waals surface area contributed by atoms with Gasteiger partial charge < -0.3 is 10.3 Å². The summed E-state index contributed by atoms with van der Waals surface area (Å²) in [5.41, 5.74) is -0.944. The number of carbonyl (C=O) groups is 3. The van der Waals surface area contributed by atoms with E-state index in [2.05, 4.69) is 10.3 Å². The van der Waals surface area contributed by atoms with E-state index in [9.17, 15) is 24.0 Å². The van der Waals surface area contributed by atoms with Crippen LogP contribution in [0, 0.1) is 0 Å². The average molecular weight is 382 g/mol. The van der Waals surface area contributed by atoms with Crippen LogP contribution in [0.4, 0.5) is 5.69 Å². The standard InChI is InChI=1S/C19H18N4O5/c24-15(21-14-9-20-19(28)22-16(14)25)10-6-7-12-13(8-10)18(27)23(17(12)26)11-4-2-1-3-5-11/h6-9,11H,1-5H2,(H,21,24)(H2,20,22,25,28). The second-order valence-corrected chi connectivity index (χ2v) is 6.97.